The van der Waals surface area contributed by atoms with Crippen molar-refractivity contribution in [3.05, 3.63) is 0 Å². The highest BCUT2D eigenvalue weighted by atomic mass is 16.6. The molecule has 1 unspecified atom stereocenters. The fourth-order valence-corrected chi connectivity index (χ4v) is 1.38. The topological polar surface area (TPSA) is 72.7 Å². The van der Waals surface area contributed by atoms with Gasteiger partial charge in [0.15, 0.2) is 0 Å². The normalized spacial score (nSPS) is 13.9. The first-order valence-corrected chi connectivity index (χ1v) is 7.07. The van der Waals surface area contributed by atoms with Gasteiger partial charge in [0.2, 0.25) is 0 Å². The molecule has 118 valence electrons. The van der Waals surface area contributed by atoms with Gasteiger partial charge in [-0.25, -0.2) is 0 Å². The number of hydrogen-bond acceptors (Lipinski definition) is 6. The van der Waals surface area contributed by atoms with Crippen molar-refractivity contribution in [3.8, 4) is 6.07 Å². The van der Waals surface area contributed by atoms with Gasteiger partial charge in [-0.2, -0.15) is 5.26 Å². The summed E-state index contributed by atoms with van der Waals surface area (Å²) in [5.74, 6) is 0. The van der Waals surface area contributed by atoms with Crippen molar-refractivity contribution in [1.29, 1.82) is 5.26 Å². The van der Waals surface area contributed by atoms with E-state index in [0.717, 1.165) is 13.0 Å². The molecule has 0 aliphatic rings. The van der Waals surface area contributed by atoms with E-state index in [2.05, 4.69) is 18.3 Å². The summed E-state index contributed by atoms with van der Waals surface area (Å²) in [6.07, 6.45) is 0.990. The molecule has 0 aromatic heterocycles. The maximum atomic E-state index is 9.10. The van der Waals surface area contributed by atoms with Gasteiger partial charge in [-0.3, -0.25) is 5.32 Å². The molecule has 0 aliphatic heterocycles. The van der Waals surface area contributed by atoms with Crippen molar-refractivity contribution >= 4 is 0 Å². The Morgan fingerprint density at radius 3 is 2.05 bits per heavy atom. The van der Waals surface area contributed by atoms with Crippen LogP contribution < -0.4 is 5.32 Å². The van der Waals surface area contributed by atoms with Gasteiger partial charge in [0, 0.05) is 7.11 Å². The largest absolute Gasteiger partial charge is 0.382 e. The third-order valence-electron chi connectivity index (χ3n) is 2.58. The molecule has 0 heterocycles. The number of ether oxygens (including phenoxy) is 4. The van der Waals surface area contributed by atoms with E-state index in [1.54, 1.807) is 7.11 Å². The van der Waals surface area contributed by atoms with Crippen molar-refractivity contribution in [1.82, 2.24) is 5.32 Å². The number of nitrogens with zero attached hydrogens (tertiary/aromatic N) is 1. The Morgan fingerprint density at radius 1 is 1.00 bits per heavy atom. The summed E-state index contributed by atoms with van der Waals surface area (Å²) in [5, 5.41) is 12.3. The van der Waals surface area contributed by atoms with E-state index in [1.165, 1.54) is 0 Å². The van der Waals surface area contributed by atoms with E-state index in [-0.39, 0.29) is 0 Å². The van der Waals surface area contributed by atoms with Crippen LogP contribution in [-0.2, 0) is 18.9 Å². The molecular formula is C14H28N2O4. The molecule has 20 heavy (non-hydrogen) atoms. The molecule has 0 aromatic carbocycles. The first-order chi connectivity index (χ1) is 9.68. The molecular weight excluding hydrogens is 260 g/mol. The van der Waals surface area contributed by atoms with Gasteiger partial charge in [-0.05, 0) is 19.9 Å². The zero-order chi connectivity index (χ0) is 15.1. The fourth-order valence-electron chi connectivity index (χ4n) is 1.38. The minimum atomic E-state index is -0.626. The maximum Gasteiger partial charge on any atom is 0.127 e. The molecule has 6 nitrogen and oxygen atoms in total. The molecule has 0 radical (unpaired) electrons. The average Bonchev–Trinajstić information content (AvgIpc) is 2.47. The van der Waals surface area contributed by atoms with Crippen LogP contribution in [0.3, 0.4) is 0 Å². The van der Waals surface area contributed by atoms with Crippen LogP contribution in [0, 0.1) is 11.3 Å². The monoisotopic (exact) mass is 288 g/mol. The van der Waals surface area contributed by atoms with Crippen LogP contribution in [0.1, 0.15) is 20.3 Å². The summed E-state index contributed by atoms with van der Waals surface area (Å²) < 4.78 is 20.9. The minimum absolute atomic E-state index is 0.358. The second-order valence-corrected chi connectivity index (χ2v) is 4.64. The van der Waals surface area contributed by atoms with Crippen LogP contribution in [0.15, 0.2) is 0 Å². The zero-order valence-electron chi connectivity index (χ0n) is 12.9. The van der Waals surface area contributed by atoms with E-state index < -0.39 is 5.54 Å². The molecule has 6 heteroatoms. The second kappa shape index (κ2) is 13.3. The van der Waals surface area contributed by atoms with Crippen LogP contribution in [-0.4, -0.2) is 65.4 Å². The van der Waals surface area contributed by atoms with E-state index in [1.807, 2.05) is 6.92 Å². The van der Waals surface area contributed by atoms with Crippen molar-refractivity contribution in [2.75, 3.05) is 59.9 Å². The molecule has 1 N–H and O–H groups in total. The maximum absolute atomic E-state index is 9.10. The van der Waals surface area contributed by atoms with Crippen LogP contribution in [0.4, 0.5) is 0 Å². The third kappa shape index (κ3) is 11.1. The lowest BCUT2D eigenvalue weighted by atomic mass is 10.1. The van der Waals surface area contributed by atoms with Gasteiger partial charge in [0.25, 0.3) is 0 Å². The molecule has 0 rings (SSSR count). The molecule has 0 aliphatic carbocycles. The smallest absolute Gasteiger partial charge is 0.127 e. The molecule has 0 bridgehead atoms. The van der Waals surface area contributed by atoms with Crippen molar-refractivity contribution in [2.24, 2.45) is 0 Å². The average molecular weight is 288 g/mol. The Bertz CT molecular complexity index is 258. The lowest BCUT2D eigenvalue weighted by Crippen LogP contribution is -2.45. The number of nitriles is 1. The van der Waals surface area contributed by atoms with E-state index in [9.17, 15) is 0 Å². The lowest BCUT2D eigenvalue weighted by molar-refractivity contribution is -0.00178. The minimum Gasteiger partial charge on any atom is -0.382 e. The Hall–Kier alpha value is -0.710. The van der Waals surface area contributed by atoms with Crippen molar-refractivity contribution in [3.63, 3.8) is 0 Å². The van der Waals surface area contributed by atoms with Gasteiger partial charge in [-0.15, -0.1) is 0 Å². The zero-order valence-corrected chi connectivity index (χ0v) is 12.9. The lowest BCUT2D eigenvalue weighted by Gasteiger charge is -2.22. The van der Waals surface area contributed by atoms with Crippen molar-refractivity contribution < 1.29 is 18.9 Å². The SMILES string of the molecule is CCCNC(C)(C#N)COCCOCCOCCOC. The first-order valence-electron chi connectivity index (χ1n) is 7.07. The molecule has 0 saturated carbocycles. The van der Waals surface area contributed by atoms with Gasteiger partial charge in [0.05, 0.1) is 52.3 Å². The molecule has 0 fully saturated rings. The molecule has 0 saturated heterocycles. The highest BCUT2D eigenvalue weighted by molar-refractivity contribution is 5.03. The summed E-state index contributed by atoms with van der Waals surface area (Å²) >= 11 is 0. The van der Waals surface area contributed by atoms with Crippen LogP contribution in [0.25, 0.3) is 0 Å². The van der Waals surface area contributed by atoms with Crippen molar-refractivity contribution in [2.45, 2.75) is 25.8 Å². The van der Waals surface area contributed by atoms with Gasteiger partial charge >= 0.3 is 0 Å². The quantitative estimate of drug-likeness (QED) is 0.480. The van der Waals surface area contributed by atoms with Gasteiger partial charge < -0.3 is 18.9 Å². The highest BCUT2D eigenvalue weighted by Gasteiger charge is 2.22. The van der Waals surface area contributed by atoms with Crippen LogP contribution in [0.5, 0.6) is 0 Å². The fraction of sp³-hybridized carbons (Fsp3) is 0.929. The van der Waals surface area contributed by atoms with Gasteiger partial charge in [-0.1, -0.05) is 6.92 Å². The number of hydrogen-bond donors (Lipinski definition) is 1. The Morgan fingerprint density at radius 2 is 1.55 bits per heavy atom. The number of methoxy groups -OCH3 is 1. The first kappa shape index (κ1) is 19.3. The summed E-state index contributed by atoms with van der Waals surface area (Å²) in [6, 6.07) is 2.24. The molecule has 0 spiro atoms. The number of nitrogens with one attached hydrogen (secondary N) is 1. The molecule has 0 amide bonds. The predicted octanol–water partition coefficient (Wildman–Crippen LogP) is 0.964. The van der Waals surface area contributed by atoms with Crippen LogP contribution >= 0.6 is 0 Å². The van der Waals surface area contributed by atoms with E-state index >= 15 is 0 Å². The predicted molar refractivity (Wildman–Crippen MR) is 76.6 cm³/mol. The van der Waals surface area contributed by atoms with Crippen LogP contribution in [0.2, 0.25) is 0 Å². The Balaban J connectivity index is 3.40. The second-order valence-electron chi connectivity index (χ2n) is 4.64. The van der Waals surface area contributed by atoms with E-state index in [0.29, 0.717) is 46.2 Å². The summed E-state index contributed by atoms with van der Waals surface area (Å²) in [5.41, 5.74) is -0.626. The Kier molecular flexibility index (Phi) is 12.8. The van der Waals surface area contributed by atoms with E-state index in [4.69, 9.17) is 24.2 Å². The summed E-state index contributed by atoms with van der Waals surface area (Å²) in [4.78, 5) is 0. The van der Waals surface area contributed by atoms with Gasteiger partial charge in [0.1, 0.15) is 5.54 Å². The molecule has 0 aromatic rings. The summed E-state index contributed by atoms with van der Waals surface area (Å²) in [6.45, 7) is 8.32. The third-order valence-corrected chi connectivity index (χ3v) is 2.58. The molecule has 1 atom stereocenters. The standard InChI is InChI=1S/C14H28N2O4/c1-4-5-16-14(2,12-15)13-20-11-10-19-9-8-18-7-6-17-3/h16H,4-11,13H2,1-3H3. The Labute approximate surface area is 122 Å². The number of rotatable bonds is 14. The summed E-state index contributed by atoms with van der Waals surface area (Å²) in [7, 11) is 1.64. The highest BCUT2D eigenvalue weighted by Crippen LogP contribution is 2.02.